The molecule has 1 heterocycles. The van der Waals surface area contributed by atoms with Crippen molar-refractivity contribution >= 4 is 35.3 Å². The molecule has 0 bridgehead atoms. The molecule has 4 amide bonds. The molecule has 2 aromatic rings. The van der Waals surface area contributed by atoms with Gasteiger partial charge in [0.25, 0.3) is 11.8 Å². The Labute approximate surface area is 163 Å². The van der Waals surface area contributed by atoms with Gasteiger partial charge in [-0.05, 0) is 48.4 Å². The third kappa shape index (κ3) is 4.01. The maximum atomic E-state index is 12.8. The number of allylic oxidation sites excluding steroid dienone is 2. The first-order chi connectivity index (χ1) is 13.4. The molecule has 6 heteroatoms. The van der Waals surface area contributed by atoms with Gasteiger partial charge in [-0.25, -0.2) is 9.69 Å². The SMILES string of the molecule is Cc1cccc(N2C(=O)NC(=O)C(=CC=Cc3ccc(N(C)C)cc3)C2=O)c1. The number of rotatable bonds is 4. The number of nitrogens with zero attached hydrogens (tertiary/aromatic N) is 2. The number of urea groups is 1. The van der Waals surface area contributed by atoms with E-state index in [4.69, 9.17) is 0 Å². The predicted molar refractivity (Wildman–Crippen MR) is 110 cm³/mol. The van der Waals surface area contributed by atoms with E-state index in [0.717, 1.165) is 21.7 Å². The fraction of sp³-hybridized carbons (Fsp3) is 0.136. The van der Waals surface area contributed by atoms with Crippen LogP contribution in [0, 0.1) is 6.92 Å². The topological polar surface area (TPSA) is 69.7 Å². The smallest absolute Gasteiger partial charge is 0.335 e. The molecule has 0 radical (unpaired) electrons. The number of hydrogen-bond acceptors (Lipinski definition) is 4. The fourth-order valence-corrected chi connectivity index (χ4v) is 2.82. The van der Waals surface area contributed by atoms with Crippen LogP contribution in [0.15, 0.2) is 66.3 Å². The van der Waals surface area contributed by atoms with Crippen molar-refractivity contribution in [3.05, 3.63) is 77.4 Å². The highest BCUT2D eigenvalue weighted by molar-refractivity contribution is 6.37. The molecule has 1 N–H and O–H groups in total. The second kappa shape index (κ2) is 7.92. The number of barbiturate groups is 1. The third-order valence-electron chi connectivity index (χ3n) is 4.32. The van der Waals surface area contributed by atoms with Crippen LogP contribution in [0.25, 0.3) is 6.08 Å². The highest BCUT2D eigenvalue weighted by Crippen LogP contribution is 2.21. The predicted octanol–water partition coefficient (Wildman–Crippen LogP) is 3.28. The minimum atomic E-state index is -0.749. The molecule has 0 atom stereocenters. The summed E-state index contributed by atoms with van der Waals surface area (Å²) in [6, 6.07) is 14.1. The molecular formula is C22H21N3O3. The van der Waals surface area contributed by atoms with E-state index in [-0.39, 0.29) is 5.57 Å². The summed E-state index contributed by atoms with van der Waals surface area (Å²) in [6.07, 6.45) is 4.84. The van der Waals surface area contributed by atoms with E-state index in [1.807, 2.05) is 56.3 Å². The quantitative estimate of drug-likeness (QED) is 0.658. The van der Waals surface area contributed by atoms with Crippen molar-refractivity contribution in [2.45, 2.75) is 6.92 Å². The lowest BCUT2D eigenvalue weighted by Crippen LogP contribution is -2.54. The molecule has 1 fully saturated rings. The van der Waals surface area contributed by atoms with Crippen LogP contribution >= 0.6 is 0 Å². The molecule has 1 aliphatic rings. The van der Waals surface area contributed by atoms with Crippen LogP contribution in [0.4, 0.5) is 16.2 Å². The highest BCUT2D eigenvalue weighted by atomic mass is 16.2. The van der Waals surface area contributed by atoms with Crippen LogP contribution in [-0.4, -0.2) is 31.9 Å². The van der Waals surface area contributed by atoms with E-state index in [9.17, 15) is 14.4 Å². The van der Waals surface area contributed by atoms with E-state index in [1.165, 1.54) is 6.08 Å². The summed E-state index contributed by atoms with van der Waals surface area (Å²) in [5.41, 5.74) is 3.23. The number of anilines is 2. The number of carbonyl (C=O) groups excluding carboxylic acids is 3. The Hall–Kier alpha value is -3.67. The van der Waals surface area contributed by atoms with Gasteiger partial charge in [-0.1, -0.05) is 36.4 Å². The Bertz CT molecular complexity index is 988. The summed E-state index contributed by atoms with van der Waals surface area (Å²) >= 11 is 0. The highest BCUT2D eigenvalue weighted by Gasteiger charge is 2.36. The van der Waals surface area contributed by atoms with Gasteiger partial charge in [0.2, 0.25) is 0 Å². The van der Waals surface area contributed by atoms with Crippen molar-refractivity contribution in [3.8, 4) is 0 Å². The molecule has 28 heavy (non-hydrogen) atoms. The first-order valence-corrected chi connectivity index (χ1v) is 8.79. The van der Waals surface area contributed by atoms with Crippen molar-refractivity contribution in [3.63, 3.8) is 0 Å². The zero-order valence-corrected chi connectivity index (χ0v) is 16.0. The molecule has 142 valence electrons. The van der Waals surface area contributed by atoms with Crippen molar-refractivity contribution in [1.82, 2.24) is 5.32 Å². The second-order valence-electron chi connectivity index (χ2n) is 6.66. The van der Waals surface area contributed by atoms with Gasteiger partial charge in [0.15, 0.2) is 0 Å². The van der Waals surface area contributed by atoms with Gasteiger partial charge in [-0.3, -0.25) is 14.9 Å². The minimum Gasteiger partial charge on any atom is -0.378 e. The van der Waals surface area contributed by atoms with E-state index in [0.29, 0.717) is 5.69 Å². The molecule has 0 unspecified atom stereocenters. The molecule has 1 aliphatic heterocycles. The Morgan fingerprint density at radius 3 is 2.36 bits per heavy atom. The van der Waals surface area contributed by atoms with Crippen molar-refractivity contribution in [2.24, 2.45) is 0 Å². The average Bonchev–Trinajstić information content (AvgIpc) is 2.64. The third-order valence-corrected chi connectivity index (χ3v) is 4.32. The van der Waals surface area contributed by atoms with Gasteiger partial charge in [-0.15, -0.1) is 0 Å². The summed E-state index contributed by atoms with van der Waals surface area (Å²) in [7, 11) is 3.92. The lowest BCUT2D eigenvalue weighted by molar-refractivity contribution is -0.122. The number of hydrogen-bond donors (Lipinski definition) is 1. The maximum absolute atomic E-state index is 12.8. The molecular weight excluding hydrogens is 354 g/mol. The van der Waals surface area contributed by atoms with E-state index >= 15 is 0 Å². The van der Waals surface area contributed by atoms with Crippen molar-refractivity contribution in [2.75, 3.05) is 23.9 Å². The van der Waals surface area contributed by atoms with Crippen LogP contribution < -0.4 is 15.1 Å². The standard InChI is InChI=1S/C22H21N3O3/c1-15-6-4-8-18(14-15)25-21(27)19(20(26)23-22(25)28)9-5-7-16-10-12-17(13-11-16)24(2)3/h4-14H,1-3H3,(H,23,26,28). The summed E-state index contributed by atoms with van der Waals surface area (Å²) in [5.74, 6) is -1.35. The second-order valence-corrected chi connectivity index (χ2v) is 6.66. The van der Waals surface area contributed by atoms with E-state index in [1.54, 1.807) is 30.4 Å². The fourth-order valence-electron chi connectivity index (χ4n) is 2.82. The number of imide groups is 2. The van der Waals surface area contributed by atoms with Gasteiger partial charge >= 0.3 is 6.03 Å². The van der Waals surface area contributed by atoms with Crippen LogP contribution in [0.3, 0.4) is 0 Å². The van der Waals surface area contributed by atoms with Crippen LogP contribution in [0.2, 0.25) is 0 Å². The Kier molecular flexibility index (Phi) is 5.40. The van der Waals surface area contributed by atoms with Crippen LogP contribution in [0.1, 0.15) is 11.1 Å². The minimum absolute atomic E-state index is 0.0951. The lowest BCUT2D eigenvalue weighted by atomic mass is 10.1. The Morgan fingerprint density at radius 1 is 1.00 bits per heavy atom. The number of nitrogens with one attached hydrogen (secondary N) is 1. The number of benzene rings is 2. The number of aryl methyl sites for hydroxylation is 1. The van der Waals surface area contributed by atoms with Gasteiger partial charge in [0.05, 0.1) is 5.69 Å². The number of carbonyl (C=O) groups is 3. The van der Waals surface area contributed by atoms with Crippen molar-refractivity contribution in [1.29, 1.82) is 0 Å². The van der Waals surface area contributed by atoms with Crippen LogP contribution in [-0.2, 0) is 9.59 Å². The largest absolute Gasteiger partial charge is 0.378 e. The Morgan fingerprint density at radius 2 is 1.71 bits per heavy atom. The molecule has 0 spiro atoms. The molecule has 0 aromatic heterocycles. The first-order valence-electron chi connectivity index (χ1n) is 8.79. The monoisotopic (exact) mass is 375 g/mol. The zero-order chi connectivity index (χ0) is 20.3. The van der Waals surface area contributed by atoms with Crippen molar-refractivity contribution < 1.29 is 14.4 Å². The molecule has 2 aromatic carbocycles. The first kappa shape index (κ1) is 19.1. The van der Waals surface area contributed by atoms with Gasteiger partial charge in [-0.2, -0.15) is 0 Å². The summed E-state index contributed by atoms with van der Waals surface area (Å²) in [6.45, 7) is 1.86. The molecule has 1 saturated heterocycles. The molecule has 3 rings (SSSR count). The molecule has 0 aliphatic carbocycles. The summed E-state index contributed by atoms with van der Waals surface area (Å²) < 4.78 is 0. The molecule has 0 saturated carbocycles. The summed E-state index contributed by atoms with van der Waals surface area (Å²) in [4.78, 5) is 40.0. The number of amides is 4. The lowest BCUT2D eigenvalue weighted by Gasteiger charge is -2.26. The van der Waals surface area contributed by atoms with Gasteiger partial charge in [0.1, 0.15) is 5.57 Å². The Balaban J connectivity index is 1.84. The zero-order valence-electron chi connectivity index (χ0n) is 16.0. The van der Waals surface area contributed by atoms with E-state index < -0.39 is 17.8 Å². The van der Waals surface area contributed by atoms with Gasteiger partial charge in [0, 0.05) is 19.8 Å². The normalized spacial score (nSPS) is 16.0. The van der Waals surface area contributed by atoms with E-state index in [2.05, 4.69) is 5.32 Å². The average molecular weight is 375 g/mol. The molecule has 6 nitrogen and oxygen atoms in total. The maximum Gasteiger partial charge on any atom is 0.335 e. The van der Waals surface area contributed by atoms with Gasteiger partial charge < -0.3 is 4.90 Å². The van der Waals surface area contributed by atoms with Crippen LogP contribution in [0.5, 0.6) is 0 Å². The summed E-state index contributed by atoms with van der Waals surface area (Å²) in [5, 5.41) is 2.22.